The Hall–Kier alpha value is -1.55. The molecule has 1 aromatic carbocycles. The summed E-state index contributed by atoms with van der Waals surface area (Å²) < 4.78 is 0. The van der Waals surface area contributed by atoms with Crippen molar-refractivity contribution in [3.8, 4) is 0 Å². The topological polar surface area (TPSA) is 66.6 Å². The molecule has 3 N–H and O–H groups in total. The first-order chi connectivity index (χ1) is 7.61. The van der Waals surface area contributed by atoms with E-state index in [1.54, 1.807) is 4.90 Å². The van der Waals surface area contributed by atoms with Crippen LogP contribution in [0.25, 0.3) is 0 Å². The predicted octanol–water partition coefficient (Wildman–Crippen LogP) is 0.922. The summed E-state index contributed by atoms with van der Waals surface area (Å²) in [5, 5.41) is 9.07. The number of nitrogen functional groups attached to an aromatic ring is 1. The minimum absolute atomic E-state index is 0.0494. The molecular weight excluding hydrogens is 204 g/mol. The van der Waals surface area contributed by atoms with E-state index in [1.807, 2.05) is 25.1 Å². The van der Waals surface area contributed by atoms with Gasteiger partial charge in [-0.05, 0) is 24.6 Å². The van der Waals surface area contributed by atoms with E-state index in [-0.39, 0.29) is 18.4 Å². The van der Waals surface area contributed by atoms with Gasteiger partial charge in [0.05, 0.1) is 0 Å². The van der Waals surface area contributed by atoms with Crippen molar-refractivity contribution in [2.75, 3.05) is 23.8 Å². The van der Waals surface area contributed by atoms with E-state index in [0.29, 0.717) is 18.7 Å². The van der Waals surface area contributed by atoms with Gasteiger partial charge in [0.1, 0.15) is 0 Å². The maximum atomic E-state index is 11.8. The summed E-state index contributed by atoms with van der Waals surface area (Å²) in [5.74, 6) is 0.112. The molecule has 0 radical (unpaired) electrons. The van der Waals surface area contributed by atoms with Crippen LogP contribution in [0.2, 0.25) is 0 Å². The number of nitrogens with two attached hydrogens (primary N) is 1. The van der Waals surface area contributed by atoms with Crippen molar-refractivity contribution in [2.45, 2.75) is 13.3 Å². The van der Waals surface area contributed by atoms with Crippen LogP contribution in [0, 0.1) is 12.8 Å². The van der Waals surface area contributed by atoms with Gasteiger partial charge in [0.2, 0.25) is 5.91 Å². The zero-order valence-corrected chi connectivity index (χ0v) is 9.31. The number of hydrogen-bond acceptors (Lipinski definition) is 3. The number of benzene rings is 1. The number of carbonyl (C=O) groups is 1. The third kappa shape index (κ3) is 1.88. The largest absolute Gasteiger partial charge is 0.399 e. The number of nitrogens with zero attached hydrogens (tertiary/aromatic N) is 1. The summed E-state index contributed by atoms with van der Waals surface area (Å²) in [5.41, 5.74) is 8.26. The highest BCUT2D eigenvalue weighted by Gasteiger charge is 2.30. The van der Waals surface area contributed by atoms with Crippen LogP contribution in [0.3, 0.4) is 0 Å². The molecule has 1 saturated heterocycles. The third-order valence-corrected chi connectivity index (χ3v) is 2.99. The molecule has 1 atom stereocenters. The van der Waals surface area contributed by atoms with E-state index >= 15 is 0 Å². The molecule has 4 nitrogen and oxygen atoms in total. The van der Waals surface area contributed by atoms with Crippen molar-refractivity contribution in [3.05, 3.63) is 23.8 Å². The number of aliphatic hydroxyl groups is 1. The molecule has 1 unspecified atom stereocenters. The zero-order valence-electron chi connectivity index (χ0n) is 9.31. The van der Waals surface area contributed by atoms with Gasteiger partial charge in [0.15, 0.2) is 0 Å². The van der Waals surface area contributed by atoms with E-state index < -0.39 is 0 Å². The number of aryl methyl sites for hydroxylation is 1. The molecule has 1 heterocycles. The van der Waals surface area contributed by atoms with Crippen molar-refractivity contribution < 1.29 is 9.90 Å². The Morgan fingerprint density at radius 1 is 1.56 bits per heavy atom. The molecule has 0 saturated carbocycles. The van der Waals surface area contributed by atoms with Gasteiger partial charge in [0.25, 0.3) is 0 Å². The highest BCUT2D eigenvalue weighted by molar-refractivity contribution is 5.96. The van der Waals surface area contributed by atoms with Crippen LogP contribution >= 0.6 is 0 Å². The molecule has 2 rings (SSSR count). The van der Waals surface area contributed by atoms with Crippen LogP contribution in [0.4, 0.5) is 11.4 Å². The van der Waals surface area contributed by atoms with E-state index in [2.05, 4.69) is 0 Å². The average molecular weight is 220 g/mol. The Labute approximate surface area is 94.7 Å². The van der Waals surface area contributed by atoms with E-state index in [4.69, 9.17) is 10.8 Å². The quantitative estimate of drug-likeness (QED) is 0.728. The Morgan fingerprint density at radius 3 is 2.94 bits per heavy atom. The predicted molar refractivity (Wildman–Crippen MR) is 63.1 cm³/mol. The van der Waals surface area contributed by atoms with E-state index in [9.17, 15) is 4.79 Å². The summed E-state index contributed by atoms with van der Waals surface area (Å²) in [6.45, 7) is 2.59. The molecule has 1 aliphatic heterocycles. The molecule has 1 fully saturated rings. The molecule has 4 heteroatoms. The van der Waals surface area contributed by atoms with Crippen LogP contribution in [0.15, 0.2) is 18.2 Å². The SMILES string of the molecule is Cc1ccc(N)cc1N1CC(CO)CC1=O. The molecule has 0 bridgehead atoms. The van der Waals surface area contributed by atoms with E-state index in [1.165, 1.54) is 0 Å². The lowest BCUT2D eigenvalue weighted by Crippen LogP contribution is -2.25. The number of hydrogen-bond donors (Lipinski definition) is 2. The maximum Gasteiger partial charge on any atom is 0.227 e. The monoisotopic (exact) mass is 220 g/mol. The van der Waals surface area contributed by atoms with Gasteiger partial charge in [0, 0.05) is 36.9 Å². The fraction of sp³-hybridized carbons (Fsp3) is 0.417. The Balaban J connectivity index is 2.30. The normalized spacial score (nSPS) is 20.5. The van der Waals surface area contributed by atoms with Gasteiger partial charge >= 0.3 is 0 Å². The molecule has 86 valence electrons. The fourth-order valence-corrected chi connectivity index (χ4v) is 2.05. The second-order valence-corrected chi connectivity index (χ2v) is 4.30. The van der Waals surface area contributed by atoms with Crippen LogP contribution in [-0.4, -0.2) is 24.2 Å². The first kappa shape index (κ1) is 11.0. The molecule has 0 aliphatic carbocycles. The number of anilines is 2. The average Bonchev–Trinajstić information content (AvgIpc) is 2.63. The first-order valence-corrected chi connectivity index (χ1v) is 5.39. The number of rotatable bonds is 2. The van der Waals surface area contributed by atoms with Gasteiger partial charge < -0.3 is 15.7 Å². The molecule has 1 aliphatic rings. The van der Waals surface area contributed by atoms with Gasteiger partial charge in [-0.2, -0.15) is 0 Å². The first-order valence-electron chi connectivity index (χ1n) is 5.39. The second-order valence-electron chi connectivity index (χ2n) is 4.30. The molecule has 1 aromatic rings. The van der Waals surface area contributed by atoms with Crippen molar-refractivity contribution in [1.29, 1.82) is 0 Å². The van der Waals surface area contributed by atoms with E-state index in [0.717, 1.165) is 11.3 Å². The minimum atomic E-state index is 0.0494. The highest BCUT2D eigenvalue weighted by Crippen LogP contribution is 2.29. The van der Waals surface area contributed by atoms with Gasteiger partial charge in [-0.1, -0.05) is 6.07 Å². The lowest BCUT2D eigenvalue weighted by atomic mass is 10.1. The number of amides is 1. The van der Waals surface area contributed by atoms with Gasteiger partial charge in [-0.3, -0.25) is 4.79 Å². The highest BCUT2D eigenvalue weighted by atomic mass is 16.3. The van der Waals surface area contributed by atoms with Crippen LogP contribution in [0.5, 0.6) is 0 Å². The zero-order chi connectivity index (χ0) is 11.7. The number of carbonyl (C=O) groups excluding carboxylic acids is 1. The molecule has 1 amide bonds. The Bertz CT molecular complexity index is 417. The summed E-state index contributed by atoms with van der Waals surface area (Å²) >= 11 is 0. The van der Waals surface area contributed by atoms with Crippen LogP contribution in [0.1, 0.15) is 12.0 Å². The maximum absolute atomic E-state index is 11.8. The van der Waals surface area contributed by atoms with Crippen LogP contribution < -0.4 is 10.6 Å². The molecule has 16 heavy (non-hydrogen) atoms. The standard InChI is InChI=1S/C12H16N2O2/c1-8-2-3-10(13)5-11(8)14-6-9(7-15)4-12(14)16/h2-3,5,9,15H,4,6-7,13H2,1H3. The molecule has 0 spiro atoms. The summed E-state index contributed by atoms with van der Waals surface area (Å²) in [6.07, 6.45) is 0.421. The molecular formula is C12H16N2O2. The van der Waals surface area contributed by atoms with Crippen LogP contribution in [-0.2, 0) is 4.79 Å². The summed E-state index contributed by atoms with van der Waals surface area (Å²) in [4.78, 5) is 13.5. The van der Waals surface area contributed by atoms with Crippen molar-refractivity contribution in [1.82, 2.24) is 0 Å². The lowest BCUT2D eigenvalue weighted by Gasteiger charge is -2.19. The second kappa shape index (κ2) is 4.14. The fourth-order valence-electron chi connectivity index (χ4n) is 2.05. The summed E-state index contributed by atoms with van der Waals surface area (Å²) in [6, 6.07) is 5.54. The van der Waals surface area contributed by atoms with Gasteiger partial charge in [-0.25, -0.2) is 0 Å². The van der Waals surface area contributed by atoms with Crippen molar-refractivity contribution in [3.63, 3.8) is 0 Å². The third-order valence-electron chi connectivity index (χ3n) is 2.99. The number of aliphatic hydroxyl groups excluding tert-OH is 1. The Kier molecular flexibility index (Phi) is 2.83. The lowest BCUT2D eigenvalue weighted by molar-refractivity contribution is -0.117. The smallest absolute Gasteiger partial charge is 0.227 e. The van der Waals surface area contributed by atoms with Crippen molar-refractivity contribution in [2.24, 2.45) is 5.92 Å². The van der Waals surface area contributed by atoms with Gasteiger partial charge in [-0.15, -0.1) is 0 Å². The molecule has 0 aromatic heterocycles. The van der Waals surface area contributed by atoms with Crippen molar-refractivity contribution >= 4 is 17.3 Å². The minimum Gasteiger partial charge on any atom is -0.399 e. The Morgan fingerprint density at radius 2 is 2.31 bits per heavy atom. The summed E-state index contributed by atoms with van der Waals surface area (Å²) in [7, 11) is 0.